The summed E-state index contributed by atoms with van der Waals surface area (Å²) in [6, 6.07) is 4.57. The number of halogens is 1. The minimum atomic E-state index is -0.406. The van der Waals surface area contributed by atoms with Crippen LogP contribution in [0, 0.1) is 12.7 Å². The molecule has 1 aromatic carbocycles. The zero-order valence-corrected chi connectivity index (χ0v) is 20.7. The van der Waals surface area contributed by atoms with E-state index >= 15 is 0 Å². The van der Waals surface area contributed by atoms with Crippen molar-refractivity contribution in [3.05, 3.63) is 57.1 Å². The van der Waals surface area contributed by atoms with Gasteiger partial charge < -0.3 is 18.9 Å². The predicted molar refractivity (Wildman–Crippen MR) is 129 cm³/mol. The molecular formula is C26H31FN4O5. The van der Waals surface area contributed by atoms with Crippen molar-refractivity contribution in [2.45, 2.75) is 64.5 Å². The van der Waals surface area contributed by atoms with Crippen molar-refractivity contribution in [1.29, 1.82) is 0 Å². The molecule has 9 nitrogen and oxygen atoms in total. The molecule has 0 bridgehead atoms. The Labute approximate surface area is 208 Å². The molecule has 1 atom stereocenters. The molecule has 0 radical (unpaired) electrons. The minimum absolute atomic E-state index is 0.00512. The van der Waals surface area contributed by atoms with Crippen molar-refractivity contribution in [2.24, 2.45) is 0 Å². The average molecular weight is 499 g/mol. The van der Waals surface area contributed by atoms with Gasteiger partial charge in [0.15, 0.2) is 12.4 Å². The van der Waals surface area contributed by atoms with Gasteiger partial charge in [0.05, 0.1) is 5.69 Å². The summed E-state index contributed by atoms with van der Waals surface area (Å²) in [5.41, 5.74) is 2.86. The number of ether oxygens (including phenoxy) is 2. The van der Waals surface area contributed by atoms with E-state index in [2.05, 4.69) is 10.1 Å². The van der Waals surface area contributed by atoms with E-state index in [0.717, 1.165) is 67.7 Å². The molecule has 0 spiro atoms. The summed E-state index contributed by atoms with van der Waals surface area (Å²) in [6.07, 6.45) is 3.67. The molecule has 0 aliphatic carbocycles. The Kier molecular flexibility index (Phi) is 7.15. The van der Waals surface area contributed by atoms with Crippen LogP contribution in [-0.4, -0.2) is 52.0 Å². The molecule has 0 amide bonds. The summed E-state index contributed by atoms with van der Waals surface area (Å²) >= 11 is 0. The Bertz CT molecular complexity index is 1310. The number of likely N-dealkylation sites (tertiary alicyclic amines) is 1. The molecule has 2 aliphatic rings. The quantitative estimate of drug-likeness (QED) is 0.360. The number of aromatic nitrogens is 3. The van der Waals surface area contributed by atoms with E-state index in [4.69, 9.17) is 19.0 Å². The summed E-state index contributed by atoms with van der Waals surface area (Å²) in [5.74, 6) is 0.152. The maximum atomic E-state index is 13.5. The molecule has 192 valence electrons. The normalized spacial score (nSPS) is 18.9. The van der Waals surface area contributed by atoms with E-state index < -0.39 is 5.97 Å². The van der Waals surface area contributed by atoms with E-state index in [1.54, 1.807) is 10.6 Å². The lowest BCUT2D eigenvalue weighted by molar-refractivity contribution is -0.160. The Balaban J connectivity index is 1.21. The lowest BCUT2D eigenvalue weighted by atomic mass is 9.91. The van der Waals surface area contributed by atoms with E-state index in [9.17, 15) is 14.0 Å². The number of benzene rings is 1. The summed E-state index contributed by atoms with van der Waals surface area (Å²) in [5, 5.41) is 5.11. The summed E-state index contributed by atoms with van der Waals surface area (Å²) < 4.78 is 31.1. The Morgan fingerprint density at radius 1 is 1.22 bits per heavy atom. The second-order valence-corrected chi connectivity index (χ2v) is 9.62. The molecule has 5 rings (SSSR count). The molecule has 1 fully saturated rings. The Morgan fingerprint density at radius 2 is 2.03 bits per heavy atom. The molecule has 4 heterocycles. The number of rotatable bonds is 7. The van der Waals surface area contributed by atoms with E-state index in [1.807, 2.05) is 6.92 Å². The minimum Gasteiger partial charge on any atom is -0.439 e. The van der Waals surface area contributed by atoms with Gasteiger partial charge in [0, 0.05) is 48.6 Å². The van der Waals surface area contributed by atoms with Gasteiger partial charge in [-0.05, 0) is 64.3 Å². The zero-order chi connectivity index (χ0) is 25.2. The number of hydrogen-bond acceptors (Lipinski definition) is 8. The second-order valence-electron chi connectivity index (χ2n) is 9.62. The predicted octanol–water partition coefficient (Wildman–Crippen LogP) is 3.63. The third-order valence-electron chi connectivity index (χ3n) is 7.28. The van der Waals surface area contributed by atoms with Crippen LogP contribution in [0.3, 0.4) is 0 Å². The first kappa shape index (κ1) is 24.6. The standard InChI is InChI=1S/C26H31FN4O5/c1-16-20(26(33)31-10-3-4-22(25(31)28-16)35-15-34-17(2)32)9-13-30-11-7-18(8-12-30)24-21-6-5-19(27)14-23(21)36-29-24/h5-6,14,18,22H,3-4,7-13,15H2,1-2H3. The van der Waals surface area contributed by atoms with Gasteiger partial charge in [-0.2, -0.15) is 0 Å². The molecule has 0 saturated carbocycles. The van der Waals surface area contributed by atoms with E-state index in [-0.39, 0.29) is 30.2 Å². The number of aryl methyl sites for hydroxylation is 1. The first-order valence-corrected chi connectivity index (χ1v) is 12.5. The van der Waals surface area contributed by atoms with Gasteiger partial charge in [-0.25, -0.2) is 9.37 Å². The van der Waals surface area contributed by atoms with Crippen LogP contribution in [0.15, 0.2) is 27.5 Å². The fourth-order valence-corrected chi connectivity index (χ4v) is 5.32. The Morgan fingerprint density at radius 3 is 2.81 bits per heavy atom. The Hall–Kier alpha value is -3.11. The lowest BCUT2D eigenvalue weighted by Crippen LogP contribution is -2.38. The van der Waals surface area contributed by atoms with Gasteiger partial charge in [-0.1, -0.05) is 5.16 Å². The van der Waals surface area contributed by atoms with Gasteiger partial charge in [0.1, 0.15) is 17.7 Å². The van der Waals surface area contributed by atoms with Crippen molar-refractivity contribution in [2.75, 3.05) is 26.4 Å². The third kappa shape index (κ3) is 5.05. The van der Waals surface area contributed by atoms with Crippen LogP contribution in [0.5, 0.6) is 0 Å². The molecule has 2 aliphatic heterocycles. The summed E-state index contributed by atoms with van der Waals surface area (Å²) in [7, 11) is 0. The number of nitrogens with zero attached hydrogens (tertiary/aromatic N) is 4. The first-order valence-electron chi connectivity index (χ1n) is 12.5. The van der Waals surface area contributed by atoms with E-state index in [1.165, 1.54) is 19.1 Å². The largest absolute Gasteiger partial charge is 0.439 e. The van der Waals surface area contributed by atoms with Gasteiger partial charge in [0.2, 0.25) is 0 Å². The maximum absolute atomic E-state index is 13.5. The first-order chi connectivity index (χ1) is 17.4. The van der Waals surface area contributed by atoms with Crippen LogP contribution in [0.4, 0.5) is 4.39 Å². The number of carbonyl (C=O) groups is 1. The number of fused-ring (bicyclic) bond motifs is 2. The number of esters is 1. The molecule has 3 aromatic rings. The highest BCUT2D eigenvalue weighted by Crippen LogP contribution is 2.33. The van der Waals surface area contributed by atoms with Gasteiger partial charge >= 0.3 is 5.97 Å². The number of hydrogen-bond donors (Lipinski definition) is 0. The van der Waals surface area contributed by atoms with Crippen molar-refractivity contribution in [3.63, 3.8) is 0 Å². The van der Waals surface area contributed by atoms with Crippen LogP contribution >= 0.6 is 0 Å². The molecule has 1 saturated heterocycles. The smallest absolute Gasteiger partial charge is 0.304 e. The lowest BCUT2D eigenvalue weighted by Gasteiger charge is -2.31. The molecular weight excluding hydrogens is 467 g/mol. The van der Waals surface area contributed by atoms with Crippen molar-refractivity contribution < 1.29 is 23.2 Å². The van der Waals surface area contributed by atoms with Crippen molar-refractivity contribution in [1.82, 2.24) is 19.6 Å². The van der Waals surface area contributed by atoms with Crippen LogP contribution in [-0.2, 0) is 27.2 Å². The van der Waals surface area contributed by atoms with Crippen LogP contribution in [0.2, 0.25) is 0 Å². The molecule has 36 heavy (non-hydrogen) atoms. The van der Waals surface area contributed by atoms with Crippen molar-refractivity contribution >= 4 is 16.9 Å². The SMILES string of the molecule is CC(=O)OCOC1CCCn2c1nc(C)c(CCN1CCC(c3noc4cc(F)ccc34)CC1)c2=O. The zero-order valence-electron chi connectivity index (χ0n) is 20.7. The second kappa shape index (κ2) is 10.5. The third-order valence-corrected chi connectivity index (χ3v) is 7.28. The monoisotopic (exact) mass is 498 g/mol. The van der Waals surface area contributed by atoms with E-state index in [0.29, 0.717) is 24.4 Å². The number of carbonyl (C=O) groups excluding carboxylic acids is 1. The summed E-state index contributed by atoms with van der Waals surface area (Å²) in [4.78, 5) is 31.4. The van der Waals surface area contributed by atoms with Gasteiger partial charge in [-0.15, -0.1) is 0 Å². The average Bonchev–Trinajstić information content (AvgIpc) is 3.27. The highest BCUT2D eigenvalue weighted by atomic mass is 19.1. The molecule has 1 unspecified atom stereocenters. The highest BCUT2D eigenvalue weighted by Gasteiger charge is 2.28. The van der Waals surface area contributed by atoms with Crippen LogP contribution in [0.1, 0.15) is 67.4 Å². The highest BCUT2D eigenvalue weighted by molar-refractivity contribution is 5.79. The summed E-state index contributed by atoms with van der Waals surface area (Å²) in [6.45, 7) is 6.24. The number of piperidine rings is 1. The molecule has 0 N–H and O–H groups in total. The van der Waals surface area contributed by atoms with Gasteiger partial charge in [0.25, 0.3) is 5.56 Å². The maximum Gasteiger partial charge on any atom is 0.304 e. The fraction of sp³-hybridized carbons (Fsp3) is 0.538. The van der Waals surface area contributed by atoms with Crippen LogP contribution < -0.4 is 5.56 Å². The fourth-order valence-electron chi connectivity index (χ4n) is 5.32. The molecule has 10 heteroatoms. The van der Waals surface area contributed by atoms with Gasteiger partial charge in [-0.3, -0.25) is 14.2 Å². The van der Waals surface area contributed by atoms with Crippen molar-refractivity contribution in [3.8, 4) is 0 Å². The topological polar surface area (TPSA) is 99.7 Å². The van der Waals surface area contributed by atoms with Crippen LogP contribution in [0.25, 0.3) is 11.0 Å². The molecule has 2 aromatic heterocycles.